The van der Waals surface area contributed by atoms with Gasteiger partial charge < -0.3 is 0 Å². The molecule has 5 heteroatoms. The highest BCUT2D eigenvalue weighted by Crippen LogP contribution is 2.26. The lowest BCUT2D eigenvalue weighted by molar-refractivity contribution is -0.115. The second-order valence-electron chi connectivity index (χ2n) is 3.63. The lowest BCUT2D eigenvalue weighted by atomic mass is 10.2. The number of amides is 1. The van der Waals surface area contributed by atoms with Gasteiger partial charge in [0.25, 0.3) is 5.91 Å². The summed E-state index contributed by atoms with van der Waals surface area (Å²) in [5, 5.41) is 0. The molecule has 4 nitrogen and oxygen atoms in total. The highest BCUT2D eigenvalue weighted by molar-refractivity contribution is 14.1. The van der Waals surface area contributed by atoms with Crippen LogP contribution in [0.25, 0.3) is 0 Å². The maximum absolute atomic E-state index is 11.8. The zero-order chi connectivity index (χ0) is 11.1. The first kappa shape index (κ1) is 9.95. The van der Waals surface area contributed by atoms with Crippen LogP contribution in [0.1, 0.15) is 5.56 Å². The van der Waals surface area contributed by atoms with Crippen molar-refractivity contribution in [1.29, 1.82) is 0 Å². The first-order valence-corrected chi connectivity index (χ1v) is 5.99. The first-order chi connectivity index (χ1) is 7.75. The lowest BCUT2D eigenvalue weighted by Gasteiger charge is -2.17. The molecule has 0 unspecified atom stereocenters. The van der Waals surface area contributed by atoms with E-state index in [0.29, 0.717) is 6.54 Å². The van der Waals surface area contributed by atoms with Crippen LogP contribution in [-0.2, 0) is 4.79 Å². The molecule has 0 radical (unpaired) electrons. The fourth-order valence-corrected chi connectivity index (χ4v) is 2.41. The summed E-state index contributed by atoms with van der Waals surface area (Å²) in [6.45, 7) is 0.729. The average Bonchev–Trinajstić information content (AvgIpc) is 2.53. The average molecular weight is 325 g/mol. The van der Waals surface area contributed by atoms with Crippen LogP contribution >= 0.6 is 22.6 Å². The third-order valence-electron chi connectivity index (χ3n) is 2.60. The van der Waals surface area contributed by atoms with Crippen molar-refractivity contribution in [2.45, 2.75) is 0 Å². The van der Waals surface area contributed by atoms with Crippen LogP contribution in [0.5, 0.6) is 0 Å². The highest BCUT2D eigenvalue weighted by Gasteiger charge is 2.29. The Bertz CT molecular complexity index is 536. The third kappa shape index (κ3) is 1.46. The van der Waals surface area contributed by atoms with Crippen LogP contribution in [0.3, 0.4) is 0 Å². The number of fused-ring (bicyclic) bond motifs is 3. The number of hydrogen-bond acceptors (Lipinski definition) is 3. The SMILES string of the molecule is O=C1CN=C2CN=Cc3cc(I)ccc3N12. The normalized spacial score (nSPS) is 17.9. The van der Waals surface area contributed by atoms with Crippen molar-refractivity contribution in [3.63, 3.8) is 0 Å². The van der Waals surface area contributed by atoms with E-state index in [2.05, 4.69) is 32.6 Å². The Morgan fingerprint density at radius 1 is 1.31 bits per heavy atom. The van der Waals surface area contributed by atoms with E-state index < -0.39 is 0 Å². The number of carbonyl (C=O) groups is 1. The number of halogens is 1. The maximum Gasteiger partial charge on any atom is 0.254 e. The quantitative estimate of drug-likeness (QED) is 0.666. The molecule has 1 aromatic rings. The Kier molecular flexibility index (Phi) is 2.27. The first-order valence-electron chi connectivity index (χ1n) is 4.91. The molecule has 0 saturated heterocycles. The summed E-state index contributed by atoms with van der Waals surface area (Å²) >= 11 is 2.25. The molecule has 2 aliphatic heterocycles. The fourth-order valence-electron chi connectivity index (χ4n) is 1.90. The summed E-state index contributed by atoms with van der Waals surface area (Å²) in [5.74, 6) is 0.782. The van der Waals surface area contributed by atoms with Crippen molar-refractivity contribution in [2.24, 2.45) is 9.98 Å². The maximum atomic E-state index is 11.8. The molecule has 0 N–H and O–H groups in total. The number of rotatable bonds is 0. The molecule has 3 rings (SSSR count). The molecule has 0 saturated carbocycles. The van der Waals surface area contributed by atoms with Gasteiger partial charge in [0.15, 0.2) is 0 Å². The Morgan fingerprint density at radius 2 is 2.19 bits per heavy atom. The van der Waals surface area contributed by atoms with Gasteiger partial charge >= 0.3 is 0 Å². The van der Waals surface area contributed by atoms with Crippen molar-refractivity contribution in [3.8, 4) is 0 Å². The predicted molar refractivity (Wildman–Crippen MR) is 71.4 cm³/mol. The summed E-state index contributed by atoms with van der Waals surface area (Å²) in [4.78, 5) is 21.9. The fraction of sp³-hybridized carbons (Fsp3) is 0.182. The van der Waals surface area contributed by atoms with E-state index in [9.17, 15) is 4.79 Å². The van der Waals surface area contributed by atoms with Gasteiger partial charge in [0.05, 0.1) is 12.2 Å². The Hall–Kier alpha value is -1.24. The number of anilines is 1. The van der Waals surface area contributed by atoms with Crippen LogP contribution in [0, 0.1) is 3.57 Å². The molecule has 0 aliphatic carbocycles. The van der Waals surface area contributed by atoms with Crippen molar-refractivity contribution < 1.29 is 4.79 Å². The molecule has 1 amide bonds. The van der Waals surface area contributed by atoms with Crippen molar-refractivity contribution in [3.05, 3.63) is 27.3 Å². The molecular weight excluding hydrogens is 317 g/mol. The number of amidine groups is 1. The molecule has 1 aromatic carbocycles. The van der Waals surface area contributed by atoms with Crippen LogP contribution in [0.4, 0.5) is 5.69 Å². The molecule has 0 spiro atoms. The van der Waals surface area contributed by atoms with Crippen LogP contribution in [-0.4, -0.2) is 31.0 Å². The van der Waals surface area contributed by atoms with Crippen LogP contribution in [0.15, 0.2) is 28.2 Å². The molecule has 0 bridgehead atoms. The standard InChI is InChI=1S/C11H8IN3O/c12-8-1-2-9-7(3-8)4-13-5-10-14-6-11(16)15(9)10/h1-4H,5-6H2. The van der Waals surface area contributed by atoms with Gasteiger partial charge in [-0.3, -0.25) is 19.7 Å². The predicted octanol–water partition coefficient (Wildman–Crippen LogP) is 1.47. The highest BCUT2D eigenvalue weighted by atomic mass is 127. The van der Waals surface area contributed by atoms with Crippen molar-refractivity contribution >= 4 is 46.2 Å². The summed E-state index contributed by atoms with van der Waals surface area (Å²) < 4.78 is 1.13. The third-order valence-corrected chi connectivity index (χ3v) is 3.27. The molecule has 16 heavy (non-hydrogen) atoms. The summed E-state index contributed by atoms with van der Waals surface area (Å²) in [7, 11) is 0. The monoisotopic (exact) mass is 325 g/mol. The van der Waals surface area contributed by atoms with E-state index >= 15 is 0 Å². The minimum atomic E-state index is 0.0305. The molecular formula is C11H8IN3O. The second kappa shape index (κ2) is 3.65. The molecule has 2 heterocycles. The number of benzene rings is 1. The van der Waals surface area contributed by atoms with E-state index in [4.69, 9.17) is 0 Å². The zero-order valence-corrected chi connectivity index (χ0v) is 10.5. The van der Waals surface area contributed by atoms with Gasteiger partial charge in [0.1, 0.15) is 12.4 Å². The number of hydrogen-bond donors (Lipinski definition) is 0. The van der Waals surface area contributed by atoms with Gasteiger partial charge in [-0.05, 0) is 40.8 Å². The number of nitrogens with zero attached hydrogens (tertiary/aromatic N) is 3. The van der Waals surface area contributed by atoms with Gasteiger partial charge in [-0.25, -0.2) is 0 Å². The second-order valence-corrected chi connectivity index (χ2v) is 4.88. The Morgan fingerprint density at radius 3 is 3.06 bits per heavy atom. The van der Waals surface area contributed by atoms with Gasteiger partial charge in [-0.15, -0.1) is 0 Å². The van der Waals surface area contributed by atoms with Crippen molar-refractivity contribution in [2.75, 3.05) is 18.0 Å². The summed E-state index contributed by atoms with van der Waals surface area (Å²) in [5.41, 5.74) is 1.87. The smallest absolute Gasteiger partial charge is 0.254 e. The summed E-state index contributed by atoms with van der Waals surface area (Å²) in [6.07, 6.45) is 1.81. The van der Waals surface area contributed by atoms with Crippen LogP contribution < -0.4 is 4.90 Å². The minimum Gasteiger partial charge on any atom is -0.284 e. The van der Waals surface area contributed by atoms with E-state index in [1.165, 1.54) is 0 Å². The molecule has 0 atom stereocenters. The largest absolute Gasteiger partial charge is 0.284 e. The number of carbonyl (C=O) groups excluding carboxylic acids is 1. The lowest BCUT2D eigenvalue weighted by Crippen LogP contribution is -2.33. The molecule has 2 aliphatic rings. The van der Waals surface area contributed by atoms with Gasteiger partial charge in [0, 0.05) is 15.3 Å². The molecule has 80 valence electrons. The minimum absolute atomic E-state index is 0.0305. The van der Waals surface area contributed by atoms with E-state index in [1.54, 1.807) is 4.90 Å². The number of aliphatic imine (C=N–C) groups is 2. The Balaban J connectivity index is 2.20. The van der Waals surface area contributed by atoms with E-state index in [0.717, 1.165) is 20.7 Å². The summed E-state index contributed by atoms with van der Waals surface area (Å²) in [6, 6.07) is 5.96. The van der Waals surface area contributed by atoms with Crippen LogP contribution in [0.2, 0.25) is 0 Å². The van der Waals surface area contributed by atoms with Gasteiger partial charge in [0.2, 0.25) is 0 Å². The Labute approximate surface area is 106 Å². The topological polar surface area (TPSA) is 45.0 Å². The van der Waals surface area contributed by atoms with Crippen molar-refractivity contribution in [1.82, 2.24) is 0 Å². The van der Waals surface area contributed by atoms with Gasteiger partial charge in [-0.1, -0.05) is 0 Å². The van der Waals surface area contributed by atoms with Gasteiger partial charge in [-0.2, -0.15) is 0 Å². The zero-order valence-electron chi connectivity index (χ0n) is 8.35. The molecule has 0 aromatic heterocycles. The van der Waals surface area contributed by atoms with E-state index in [-0.39, 0.29) is 12.5 Å². The molecule has 0 fully saturated rings. The van der Waals surface area contributed by atoms with E-state index in [1.807, 2.05) is 24.4 Å².